The Labute approximate surface area is 170 Å². The highest BCUT2D eigenvalue weighted by atomic mass is 35.5. The van der Waals surface area contributed by atoms with Gasteiger partial charge < -0.3 is 24.9 Å². The summed E-state index contributed by atoms with van der Waals surface area (Å²) >= 11 is 5.82. The fourth-order valence-electron chi connectivity index (χ4n) is 2.49. The standard InChI is InChI=1S/C18H30ClN3O6/c1-7-26-16(24)14(12-9-13(19)22-28-12)21-15(23)11(8-10(2)3)20-17(25)27-18(4,5)6/h10-12,14H,7-9H2,1-6H3,(H,20,25)(H,21,23). The third-order valence-electron chi connectivity index (χ3n) is 3.58. The number of amides is 2. The van der Waals surface area contributed by atoms with Crippen molar-refractivity contribution in [1.82, 2.24) is 10.6 Å². The third-order valence-corrected chi connectivity index (χ3v) is 3.80. The smallest absolute Gasteiger partial charge is 0.408 e. The van der Waals surface area contributed by atoms with Crippen molar-refractivity contribution in [3.63, 3.8) is 0 Å². The van der Waals surface area contributed by atoms with Crippen LogP contribution >= 0.6 is 11.6 Å². The van der Waals surface area contributed by atoms with Gasteiger partial charge in [-0.2, -0.15) is 0 Å². The molecule has 0 spiro atoms. The number of hydrogen-bond donors (Lipinski definition) is 2. The number of oxime groups is 1. The van der Waals surface area contributed by atoms with E-state index in [0.29, 0.717) is 6.42 Å². The average molecular weight is 420 g/mol. The van der Waals surface area contributed by atoms with Crippen molar-refractivity contribution in [3.05, 3.63) is 0 Å². The summed E-state index contributed by atoms with van der Waals surface area (Å²) in [5.41, 5.74) is -0.706. The molecule has 1 heterocycles. The number of rotatable bonds is 8. The van der Waals surface area contributed by atoms with Crippen LogP contribution in [0.2, 0.25) is 0 Å². The number of alkyl carbamates (subject to hydrolysis) is 1. The maximum atomic E-state index is 12.8. The zero-order chi connectivity index (χ0) is 21.5. The van der Waals surface area contributed by atoms with Crippen molar-refractivity contribution >= 4 is 34.7 Å². The predicted octanol–water partition coefficient (Wildman–Crippen LogP) is 2.31. The molecular formula is C18H30ClN3O6. The van der Waals surface area contributed by atoms with Crippen LogP contribution in [0.3, 0.4) is 0 Å². The van der Waals surface area contributed by atoms with E-state index in [0.717, 1.165) is 0 Å². The lowest BCUT2D eigenvalue weighted by molar-refractivity contribution is -0.151. The Balaban J connectivity index is 2.88. The zero-order valence-electron chi connectivity index (χ0n) is 17.2. The molecule has 2 amide bonds. The highest BCUT2D eigenvalue weighted by molar-refractivity contribution is 6.65. The number of carbonyl (C=O) groups is 3. The topological polar surface area (TPSA) is 115 Å². The molecule has 1 aliphatic rings. The molecule has 0 aromatic heterocycles. The summed E-state index contributed by atoms with van der Waals surface area (Å²) in [6.07, 6.45) is -0.982. The van der Waals surface area contributed by atoms with Crippen LogP contribution in [0.1, 0.15) is 54.4 Å². The quantitative estimate of drug-likeness (QED) is 0.583. The molecular weight excluding hydrogens is 390 g/mol. The van der Waals surface area contributed by atoms with Crippen LogP contribution in [0.25, 0.3) is 0 Å². The van der Waals surface area contributed by atoms with Gasteiger partial charge in [0.2, 0.25) is 5.91 Å². The summed E-state index contributed by atoms with van der Waals surface area (Å²) in [6, 6.07) is -2.01. The number of hydrogen-bond acceptors (Lipinski definition) is 7. The first-order valence-corrected chi connectivity index (χ1v) is 9.65. The van der Waals surface area contributed by atoms with E-state index in [1.54, 1.807) is 27.7 Å². The monoisotopic (exact) mass is 419 g/mol. The van der Waals surface area contributed by atoms with Crippen LogP contribution in [-0.4, -0.2) is 53.5 Å². The van der Waals surface area contributed by atoms with Gasteiger partial charge in [0.05, 0.1) is 6.61 Å². The normalized spacial score (nSPS) is 18.6. The summed E-state index contributed by atoms with van der Waals surface area (Å²) in [4.78, 5) is 42.4. The molecule has 2 N–H and O–H groups in total. The Morgan fingerprint density at radius 2 is 1.93 bits per heavy atom. The summed E-state index contributed by atoms with van der Waals surface area (Å²) in [5, 5.41) is 8.95. The molecule has 0 saturated carbocycles. The van der Waals surface area contributed by atoms with Gasteiger partial charge in [0.25, 0.3) is 0 Å². The molecule has 3 unspecified atom stereocenters. The van der Waals surface area contributed by atoms with Gasteiger partial charge in [-0.25, -0.2) is 9.59 Å². The lowest BCUT2D eigenvalue weighted by atomic mass is 10.0. The summed E-state index contributed by atoms with van der Waals surface area (Å²) in [7, 11) is 0. The van der Waals surface area contributed by atoms with E-state index < -0.39 is 41.8 Å². The Kier molecular flexibility index (Phi) is 9.00. The van der Waals surface area contributed by atoms with E-state index in [4.69, 9.17) is 25.9 Å². The fourth-order valence-corrected chi connectivity index (χ4v) is 2.68. The molecule has 0 aromatic carbocycles. The minimum Gasteiger partial charge on any atom is -0.464 e. The molecule has 0 aromatic rings. The fraction of sp³-hybridized carbons (Fsp3) is 0.778. The molecule has 160 valence electrons. The minimum atomic E-state index is -1.11. The maximum Gasteiger partial charge on any atom is 0.408 e. The van der Waals surface area contributed by atoms with Gasteiger partial charge in [-0.05, 0) is 40.0 Å². The number of nitrogens with zero attached hydrogens (tertiary/aromatic N) is 1. The van der Waals surface area contributed by atoms with Crippen molar-refractivity contribution < 1.29 is 28.7 Å². The number of carbonyl (C=O) groups excluding carboxylic acids is 3. The average Bonchev–Trinajstić information content (AvgIpc) is 2.95. The first-order valence-electron chi connectivity index (χ1n) is 9.27. The molecule has 1 aliphatic heterocycles. The minimum absolute atomic E-state index is 0.104. The van der Waals surface area contributed by atoms with Crippen molar-refractivity contribution in [2.45, 2.75) is 78.2 Å². The van der Waals surface area contributed by atoms with Crippen LogP contribution in [0.4, 0.5) is 4.79 Å². The molecule has 0 saturated heterocycles. The molecule has 28 heavy (non-hydrogen) atoms. The second kappa shape index (κ2) is 10.5. The van der Waals surface area contributed by atoms with E-state index in [2.05, 4.69) is 15.8 Å². The summed E-state index contributed by atoms with van der Waals surface area (Å²) < 4.78 is 10.2. The number of ether oxygens (including phenoxy) is 2. The van der Waals surface area contributed by atoms with Gasteiger partial charge in [-0.15, -0.1) is 0 Å². The van der Waals surface area contributed by atoms with Crippen LogP contribution in [0, 0.1) is 5.92 Å². The van der Waals surface area contributed by atoms with E-state index in [-0.39, 0.29) is 24.1 Å². The van der Waals surface area contributed by atoms with Crippen molar-refractivity contribution in [1.29, 1.82) is 0 Å². The third kappa shape index (κ3) is 8.33. The molecule has 0 radical (unpaired) electrons. The zero-order valence-corrected chi connectivity index (χ0v) is 18.0. The van der Waals surface area contributed by atoms with Gasteiger partial charge in [-0.3, -0.25) is 4.79 Å². The summed E-state index contributed by atoms with van der Waals surface area (Å²) in [5.74, 6) is -1.11. The van der Waals surface area contributed by atoms with E-state index in [1.165, 1.54) is 0 Å². The molecule has 3 atom stereocenters. The van der Waals surface area contributed by atoms with Crippen LogP contribution in [0.15, 0.2) is 5.16 Å². The number of nitrogens with one attached hydrogen (secondary N) is 2. The lowest BCUT2D eigenvalue weighted by Gasteiger charge is -2.26. The maximum absolute atomic E-state index is 12.8. The first-order chi connectivity index (χ1) is 12.9. The van der Waals surface area contributed by atoms with Gasteiger partial charge >= 0.3 is 12.1 Å². The van der Waals surface area contributed by atoms with Gasteiger partial charge in [0.15, 0.2) is 12.1 Å². The van der Waals surface area contributed by atoms with Crippen molar-refractivity contribution in [2.24, 2.45) is 11.1 Å². The largest absolute Gasteiger partial charge is 0.464 e. The molecule has 9 nitrogen and oxygen atoms in total. The second-order valence-corrected chi connectivity index (χ2v) is 8.32. The predicted molar refractivity (Wildman–Crippen MR) is 104 cm³/mol. The van der Waals surface area contributed by atoms with Crippen LogP contribution in [-0.2, 0) is 23.9 Å². The molecule has 0 fully saturated rings. The Morgan fingerprint density at radius 1 is 1.29 bits per heavy atom. The van der Waals surface area contributed by atoms with Crippen molar-refractivity contribution in [3.8, 4) is 0 Å². The molecule has 1 rings (SSSR count). The highest BCUT2D eigenvalue weighted by Crippen LogP contribution is 2.18. The van der Waals surface area contributed by atoms with Gasteiger partial charge in [0.1, 0.15) is 16.8 Å². The van der Waals surface area contributed by atoms with E-state index in [1.807, 2.05) is 13.8 Å². The van der Waals surface area contributed by atoms with Crippen molar-refractivity contribution in [2.75, 3.05) is 6.61 Å². The van der Waals surface area contributed by atoms with Crippen LogP contribution < -0.4 is 10.6 Å². The van der Waals surface area contributed by atoms with Crippen LogP contribution in [0.5, 0.6) is 0 Å². The Bertz CT molecular complexity index is 603. The Morgan fingerprint density at radius 3 is 2.39 bits per heavy atom. The van der Waals surface area contributed by atoms with Gasteiger partial charge in [-0.1, -0.05) is 30.6 Å². The number of esters is 1. The number of halogens is 1. The molecule has 0 aliphatic carbocycles. The van der Waals surface area contributed by atoms with E-state index >= 15 is 0 Å². The Hall–Kier alpha value is -2.03. The highest BCUT2D eigenvalue weighted by Gasteiger charge is 2.38. The molecule has 0 bridgehead atoms. The SMILES string of the molecule is CCOC(=O)C(NC(=O)C(CC(C)C)NC(=O)OC(C)(C)C)C1CC(Cl)=NO1. The summed E-state index contributed by atoms with van der Waals surface area (Å²) in [6.45, 7) is 10.8. The lowest BCUT2D eigenvalue weighted by Crippen LogP contribution is -2.56. The molecule has 10 heteroatoms. The first kappa shape index (κ1) is 24.0. The second-order valence-electron chi connectivity index (χ2n) is 7.88. The van der Waals surface area contributed by atoms with Gasteiger partial charge in [0, 0.05) is 6.42 Å². The van der Waals surface area contributed by atoms with E-state index in [9.17, 15) is 14.4 Å².